The number of H-pyrrole nitrogens is 1. The van der Waals surface area contributed by atoms with Crippen LogP contribution in [0.15, 0.2) is 22.8 Å². The Labute approximate surface area is 119 Å². The molecule has 1 heterocycles. The molecule has 0 unspecified atom stereocenters. The largest absolute Gasteiger partial charge is 0.493 e. The van der Waals surface area contributed by atoms with E-state index in [1.54, 1.807) is 13.3 Å². The van der Waals surface area contributed by atoms with Crippen LogP contribution < -0.4 is 15.2 Å². The Kier molecular flexibility index (Phi) is 3.10. The summed E-state index contributed by atoms with van der Waals surface area (Å²) in [6.45, 7) is 0. The molecule has 0 spiro atoms. The molecule has 0 radical (unpaired) electrons. The number of ether oxygens (including phenoxy) is 2. The average molecular weight is 324 g/mol. The summed E-state index contributed by atoms with van der Waals surface area (Å²) in [5, 5.41) is 6.65. The summed E-state index contributed by atoms with van der Waals surface area (Å²) in [4.78, 5) is 0. The molecule has 2 aromatic rings. The number of nitrogens with one attached hydrogen (secondary N) is 1. The highest BCUT2D eigenvalue weighted by Gasteiger charge is 2.26. The van der Waals surface area contributed by atoms with Gasteiger partial charge < -0.3 is 15.2 Å². The van der Waals surface area contributed by atoms with Crippen molar-refractivity contribution in [3.8, 4) is 22.6 Å². The molecule has 1 fully saturated rings. The Bertz CT molecular complexity index is 608. The van der Waals surface area contributed by atoms with Gasteiger partial charge in [-0.3, -0.25) is 5.10 Å². The molecule has 0 amide bonds. The lowest BCUT2D eigenvalue weighted by Crippen LogP contribution is -2.00. The molecule has 19 heavy (non-hydrogen) atoms. The van der Waals surface area contributed by atoms with E-state index in [0.29, 0.717) is 17.7 Å². The van der Waals surface area contributed by atoms with Gasteiger partial charge in [0.05, 0.1) is 23.9 Å². The number of hydrogen-bond acceptors (Lipinski definition) is 4. The van der Waals surface area contributed by atoms with E-state index in [1.165, 1.54) is 0 Å². The van der Waals surface area contributed by atoms with Crippen LogP contribution in [0.25, 0.3) is 11.1 Å². The first kappa shape index (κ1) is 12.3. The average Bonchev–Trinajstić information content (AvgIpc) is 3.11. The normalized spacial score (nSPS) is 14.4. The standard InChI is InChI=1S/C13H14BrN3O2/c1-18-11-5-7(9-6-16-17-13(9)15)4-10(14)12(11)19-8-2-3-8/h4-6,8H,2-3H2,1H3,(H3,15,16,17). The Morgan fingerprint density at radius 1 is 1.42 bits per heavy atom. The number of nitrogens with zero attached hydrogens (tertiary/aromatic N) is 1. The second-order valence-electron chi connectivity index (χ2n) is 4.50. The van der Waals surface area contributed by atoms with Gasteiger partial charge in [0, 0.05) is 5.56 Å². The highest BCUT2D eigenvalue weighted by molar-refractivity contribution is 9.10. The quantitative estimate of drug-likeness (QED) is 0.907. The Morgan fingerprint density at radius 3 is 2.79 bits per heavy atom. The van der Waals surface area contributed by atoms with Crippen molar-refractivity contribution in [3.63, 3.8) is 0 Å². The summed E-state index contributed by atoms with van der Waals surface area (Å²) < 4.78 is 12.1. The van der Waals surface area contributed by atoms with Crippen molar-refractivity contribution in [2.45, 2.75) is 18.9 Å². The maximum Gasteiger partial charge on any atom is 0.175 e. The fourth-order valence-electron chi connectivity index (χ4n) is 1.87. The fraction of sp³-hybridized carbons (Fsp3) is 0.308. The maximum absolute atomic E-state index is 5.85. The van der Waals surface area contributed by atoms with Crippen molar-refractivity contribution >= 4 is 21.7 Å². The molecule has 0 bridgehead atoms. The Morgan fingerprint density at radius 2 is 2.21 bits per heavy atom. The number of hydrogen-bond donors (Lipinski definition) is 2. The zero-order chi connectivity index (χ0) is 13.4. The van der Waals surface area contributed by atoms with Gasteiger partial charge in [0.25, 0.3) is 0 Å². The second-order valence-corrected chi connectivity index (χ2v) is 5.36. The highest BCUT2D eigenvalue weighted by Crippen LogP contribution is 2.43. The van der Waals surface area contributed by atoms with Crippen molar-refractivity contribution in [2.24, 2.45) is 0 Å². The molecule has 100 valence electrons. The van der Waals surface area contributed by atoms with Crippen LogP contribution in [-0.2, 0) is 0 Å². The van der Waals surface area contributed by atoms with E-state index < -0.39 is 0 Å². The predicted molar refractivity (Wildman–Crippen MR) is 76.3 cm³/mol. The van der Waals surface area contributed by atoms with E-state index in [0.717, 1.165) is 34.2 Å². The van der Waals surface area contributed by atoms with E-state index in [-0.39, 0.29) is 0 Å². The lowest BCUT2D eigenvalue weighted by molar-refractivity contribution is 0.280. The van der Waals surface area contributed by atoms with Crippen LogP contribution in [0.3, 0.4) is 0 Å². The van der Waals surface area contributed by atoms with Gasteiger partial charge in [-0.1, -0.05) is 0 Å². The topological polar surface area (TPSA) is 73.2 Å². The van der Waals surface area contributed by atoms with E-state index in [2.05, 4.69) is 26.1 Å². The van der Waals surface area contributed by atoms with E-state index in [9.17, 15) is 0 Å². The second kappa shape index (κ2) is 4.77. The van der Waals surface area contributed by atoms with Crippen LogP contribution >= 0.6 is 15.9 Å². The number of rotatable bonds is 4. The van der Waals surface area contributed by atoms with Crippen LogP contribution in [0, 0.1) is 0 Å². The van der Waals surface area contributed by atoms with Gasteiger partial charge >= 0.3 is 0 Å². The minimum atomic E-state index is 0.315. The van der Waals surface area contributed by atoms with Crippen LogP contribution in [0.4, 0.5) is 5.82 Å². The Balaban J connectivity index is 2.03. The molecule has 1 aliphatic carbocycles. The summed E-state index contributed by atoms with van der Waals surface area (Å²) >= 11 is 3.53. The molecule has 5 nitrogen and oxygen atoms in total. The number of aromatic nitrogens is 2. The molecule has 0 aliphatic heterocycles. The third kappa shape index (κ3) is 2.40. The molecule has 1 saturated carbocycles. The van der Waals surface area contributed by atoms with E-state index >= 15 is 0 Å². The summed E-state index contributed by atoms with van der Waals surface area (Å²) in [5.41, 5.74) is 7.61. The number of anilines is 1. The number of aromatic amines is 1. The number of nitrogens with two attached hydrogens (primary N) is 1. The first-order chi connectivity index (χ1) is 9.19. The summed E-state index contributed by atoms with van der Waals surface area (Å²) in [5.74, 6) is 1.97. The first-order valence-corrected chi connectivity index (χ1v) is 6.81. The van der Waals surface area contributed by atoms with Crippen molar-refractivity contribution in [2.75, 3.05) is 12.8 Å². The van der Waals surface area contributed by atoms with Crippen LogP contribution in [0.5, 0.6) is 11.5 Å². The van der Waals surface area contributed by atoms with Crippen LogP contribution in [0.2, 0.25) is 0 Å². The lowest BCUT2D eigenvalue weighted by Gasteiger charge is -2.13. The summed E-state index contributed by atoms with van der Waals surface area (Å²) in [6, 6.07) is 3.87. The Hall–Kier alpha value is -1.69. The van der Waals surface area contributed by atoms with Gasteiger partial charge in [0.15, 0.2) is 11.5 Å². The zero-order valence-corrected chi connectivity index (χ0v) is 12.0. The third-order valence-corrected chi connectivity index (χ3v) is 3.61. The SMILES string of the molecule is COc1cc(-c2cn[nH]c2N)cc(Br)c1OC1CC1. The number of nitrogen functional groups attached to an aromatic ring is 1. The van der Waals surface area contributed by atoms with Crippen molar-refractivity contribution in [3.05, 3.63) is 22.8 Å². The molecular formula is C13H14BrN3O2. The number of methoxy groups -OCH3 is 1. The van der Waals surface area contributed by atoms with Crippen molar-refractivity contribution in [1.82, 2.24) is 10.2 Å². The minimum absolute atomic E-state index is 0.315. The molecule has 1 aromatic carbocycles. The first-order valence-electron chi connectivity index (χ1n) is 6.02. The van der Waals surface area contributed by atoms with E-state index in [4.69, 9.17) is 15.2 Å². The molecule has 1 aromatic heterocycles. The van der Waals surface area contributed by atoms with Crippen LogP contribution in [0.1, 0.15) is 12.8 Å². The van der Waals surface area contributed by atoms with Gasteiger partial charge in [0.1, 0.15) is 5.82 Å². The summed E-state index contributed by atoms with van der Waals surface area (Å²) in [6.07, 6.45) is 4.21. The van der Waals surface area contributed by atoms with Crippen LogP contribution in [-0.4, -0.2) is 23.4 Å². The highest BCUT2D eigenvalue weighted by atomic mass is 79.9. The number of halogens is 1. The fourth-order valence-corrected chi connectivity index (χ4v) is 2.40. The predicted octanol–water partition coefficient (Wildman–Crippen LogP) is 2.97. The van der Waals surface area contributed by atoms with Gasteiger partial charge in [-0.15, -0.1) is 0 Å². The molecular weight excluding hydrogens is 310 g/mol. The maximum atomic E-state index is 5.85. The van der Waals surface area contributed by atoms with Gasteiger partial charge in [-0.2, -0.15) is 5.10 Å². The lowest BCUT2D eigenvalue weighted by atomic mass is 10.1. The van der Waals surface area contributed by atoms with Crippen molar-refractivity contribution < 1.29 is 9.47 Å². The van der Waals surface area contributed by atoms with Gasteiger partial charge in [-0.05, 0) is 46.5 Å². The van der Waals surface area contributed by atoms with Crippen molar-refractivity contribution in [1.29, 1.82) is 0 Å². The molecule has 0 atom stereocenters. The van der Waals surface area contributed by atoms with Gasteiger partial charge in [0.2, 0.25) is 0 Å². The van der Waals surface area contributed by atoms with Gasteiger partial charge in [-0.25, -0.2) is 0 Å². The summed E-state index contributed by atoms with van der Waals surface area (Å²) in [7, 11) is 1.63. The molecule has 0 saturated heterocycles. The molecule has 6 heteroatoms. The number of benzene rings is 1. The molecule has 1 aliphatic rings. The molecule has 3 N–H and O–H groups in total. The smallest absolute Gasteiger partial charge is 0.175 e. The minimum Gasteiger partial charge on any atom is -0.493 e. The molecule has 3 rings (SSSR count). The van der Waals surface area contributed by atoms with E-state index in [1.807, 2.05) is 12.1 Å². The zero-order valence-electron chi connectivity index (χ0n) is 10.4. The monoisotopic (exact) mass is 323 g/mol. The third-order valence-electron chi connectivity index (χ3n) is 3.02.